The Hall–Kier alpha value is -4.99. The van der Waals surface area contributed by atoms with E-state index in [1.54, 1.807) is 43.1 Å². The second kappa shape index (κ2) is 9.47. The predicted octanol–water partition coefficient (Wildman–Crippen LogP) is 5.75. The smallest absolute Gasteiger partial charge is 0.224 e. The molecule has 0 aliphatic rings. The minimum atomic E-state index is -0.303. The average molecular weight is 507 g/mol. The molecule has 0 unspecified atom stereocenters. The number of aromatic amines is 2. The number of amides is 1. The number of halogens is 1. The minimum absolute atomic E-state index is 0.0518. The van der Waals surface area contributed by atoms with Crippen molar-refractivity contribution in [1.29, 1.82) is 0 Å². The molecule has 188 valence electrons. The zero-order valence-electron chi connectivity index (χ0n) is 20.7. The van der Waals surface area contributed by atoms with E-state index in [2.05, 4.69) is 35.5 Å². The molecule has 0 aliphatic heterocycles. The molecule has 0 saturated heterocycles. The van der Waals surface area contributed by atoms with E-state index in [0.717, 1.165) is 33.2 Å². The second-order valence-corrected chi connectivity index (χ2v) is 9.48. The fraction of sp³-hybridized carbons (Fsp3) is 0.143. The summed E-state index contributed by atoms with van der Waals surface area (Å²) in [6.07, 6.45) is 8.92. The van der Waals surface area contributed by atoms with Crippen molar-refractivity contribution in [2.45, 2.75) is 20.3 Å². The summed E-state index contributed by atoms with van der Waals surface area (Å²) in [5.74, 6) is 0.482. The van der Waals surface area contributed by atoms with E-state index < -0.39 is 0 Å². The van der Waals surface area contributed by atoms with Crippen LogP contribution in [0.4, 0.5) is 10.1 Å². The Labute approximate surface area is 216 Å². The molecule has 6 rings (SSSR count). The zero-order valence-corrected chi connectivity index (χ0v) is 20.7. The van der Waals surface area contributed by atoms with Crippen molar-refractivity contribution < 1.29 is 9.18 Å². The van der Waals surface area contributed by atoms with Gasteiger partial charge < -0.3 is 10.3 Å². The van der Waals surface area contributed by atoms with E-state index in [1.807, 2.05) is 26.0 Å². The molecular weight excluding hydrogens is 483 g/mol. The van der Waals surface area contributed by atoms with E-state index in [9.17, 15) is 9.18 Å². The number of hydrogen-bond acceptors (Lipinski definition) is 6. The third kappa shape index (κ3) is 4.47. The maximum absolute atomic E-state index is 13.5. The molecule has 10 heteroatoms. The van der Waals surface area contributed by atoms with Gasteiger partial charge in [0.1, 0.15) is 11.5 Å². The first kappa shape index (κ1) is 23.4. The first-order valence-electron chi connectivity index (χ1n) is 12.1. The van der Waals surface area contributed by atoms with Crippen molar-refractivity contribution in [2.24, 2.45) is 5.92 Å². The molecule has 38 heavy (non-hydrogen) atoms. The maximum Gasteiger partial charge on any atom is 0.224 e. The van der Waals surface area contributed by atoms with Gasteiger partial charge in [0.05, 0.1) is 34.5 Å². The number of anilines is 1. The Morgan fingerprint density at radius 3 is 2.58 bits per heavy atom. The number of carbonyl (C=O) groups is 1. The van der Waals surface area contributed by atoms with Crippen LogP contribution in [0, 0.1) is 11.7 Å². The summed E-state index contributed by atoms with van der Waals surface area (Å²) < 4.78 is 13.5. The largest absolute Gasteiger partial charge is 0.335 e. The van der Waals surface area contributed by atoms with Gasteiger partial charge in [0.15, 0.2) is 11.5 Å². The number of nitrogens with zero attached hydrogens (tertiary/aromatic N) is 5. The van der Waals surface area contributed by atoms with E-state index in [4.69, 9.17) is 4.98 Å². The van der Waals surface area contributed by atoms with Gasteiger partial charge in [0.25, 0.3) is 0 Å². The molecular formula is C28H23FN8O. The number of nitrogens with one attached hydrogen (secondary N) is 3. The number of carbonyl (C=O) groups excluding carboxylic acids is 1. The molecule has 1 amide bonds. The molecule has 5 aromatic heterocycles. The quantitative estimate of drug-likeness (QED) is 0.264. The van der Waals surface area contributed by atoms with Gasteiger partial charge in [0, 0.05) is 41.7 Å². The number of imidazole rings is 1. The monoisotopic (exact) mass is 506 g/mol. The van der Waals surface area contributed by atoms with Gasteiger partial charge in [-0.3, -0.25) is 19.9 Å². The van der Waals surface area contributed by atoms with E-state index >= 15 is 0 Å². The van der Waals surface area contributed by atoms with Crippen molar-refractivity contribution >= 4 is 33.7 Å². The third-order valence-electron chi connectivity index (χ3n) is 6.14. The molecule has 9 nitrogen and oxygen atoms in total. The van der Waals surface area contributed by atoms with Crippen molar-refractivity contribution in [3.05, 3.63) is 73.2 Å². The van der Waals surface area contributed by atoms with E-state index in [-0.39, 0.29) is 17.6 Å². The summed E-state index contributed by atoms with van der Waals surface area (Å²) in [6.45, 7) is 4.00. The lowest BCUT2D eigenvalue weighted by atomic mass is 10.1. The zero-order chi connectivity index (χ0) is 26.2. The predicted molar refractivity (Wildman–Crippen MR) is 143 cm³/mol. The first-order chi connectivity index (χ1) is 18.4. The molecule has 5 heterocycles. The average Bonchev–Trinajstić information content (AvgIpc) is 3.52. The molecule has 6 aromatic rings. The van der Waals surface area contributed by atoms with Gasteiger partial charge in [-0.2, -0.15) is 5.10 Å². The lowest BCUT2D eigenvalue weighted by Gasteiger charge is -2.08. The van der Waals surface area contributed by atoms with Crippen molar-refractivity contribution in [3.63, 3.8) is 0 Å². The lowest BCUT2D eigenvalue weighted by molar-refractivity contribution is -0.116. The highest BCUT2D eigenvalue weighted by molar-refractivity contribution is 5.97. The lowest BCUT2D eigenvalue weighted by Crippen LogP contribution is -2.13. The fourth-order valence-electron chi connectivity index (χ4n) is 4.38. The number of pyridine rings is 3. The summed E-state index contributed by atoms with van der Waals surface area (Å²) in [6, 6.07) is 10.1. The highest BCUT2D eigenvalue weighted by Gasteiger charge is 2.17. The molecule has 0 spiro atoms. The van der Waals surface area contributed by atoms with Gasteiger partial charge in [-0.1, -0.05) is 26.0 Å². The van der Waals surface area contributed by atoms with Crippen LogP contribution in [0.15, 0.2) is 67.4 Å². The SMILES string of the molecule is CC(C)CC(=O)Nc1cncc(-c2cnc3n[nH]c(-c4nc5c(-c6ccc(F)cc6)cncc5[nH]4)c3c2)c1. The van der Waals surface area contributed by atoms with E-state index in [1.165, 1.54) is 12.1 Å². The van der Waals surface area contributed by atoms with Crippen molar-refractivity contribution in [2.75, 3.05) is 5.32 Å². The Balaban J connectivity index is 1.38. The number of aromatic nitrogens is 7. The Kier molecular flexibility index (Phi) is 5.83. The van der Waals surface area contributed by atoms with Crippen LogP contribution in [-0.4, -0.2) is 41.0 Å². The van der Waals surface area contributed by atoms with Gasteiger partial charge in [-0.15, -0.1) is 0 Å². The summed E-state index contributed by atoms with van der Waals surface area (Å²) in [5, 5.41) is 11.1. The van der Waals surface area contributed by atoms with Crippen LogP contribution in [0.25, 0.3) is 55.8 Å². The highest BCUT2D eigenvalue weighted by atomic mass is 19.1. The summed E-state index contributed by atoms with van der Waals surface area (Å²) in [7, 11) is 0. The Bertz CT molecular complexity index is 1790. The van der Waals surface area contributed by atoms with Crippen LogP contribution < -0.4 is 5.32 Å². The molecule has 0 radical (unpaired) electrons. The van der Waals surface area contributed by atoms with Crippen LogP contribution in [0.3, 0.4) is 0 Å². The standard InChI is InChI=1S/C28H23FN8O/c1-15(2)7-24(38)33-20-8-17(10-30-12-20)18-9-21-26(36-37-27(21)32-11-18)28-34-23-14-31-13-22(25(23)35-28)16-3-5-19(29)6-4-16/h3-6,8-15H,7H2,1-2H3,(H,33,38)(H,34,35)(H,32,36,37). The minimum Gasteiger partial charge on any atom is -0.335 e. The number of H-pyrrole nitrogens is 2. The summed E-state index contributed by atoms with van der Waals surface area (Å²) in [4.78, 5) is 33.5. The Morgan fingerprint density at radius 1 is 0.974 bits per heavy atom. The van der Waals surface area contributed by atoms with Crippen molar-refractivity contribution in [3.8, 4) is 33.8 Å². The maximum atomic E-state index is 13.5. The van der Waals surface area contributed by atoms with Gasteiger partial charge in [-0.25, -0.2) is 14.4 Å². The van der Waals surface area contributed by atoms with Crippen molar-refractivity contribution in [1.82, 2.24) is 35.1 Å². The number of benzene rings is 1. The molecule has 0 aliphatic carbocycles. The van der Waals surface area contributed by atoms with Gasteiger partial charge in [0.2, 0.25) is 5.91 Å². The number of hydrogen-bond donors (Lipinski definition) is 3. The molecule has 0 bridgehead atoms. The number of fused-ring (bicyclic) bond motifs is 2. The first-order valence-corrected chi connectivity index (χ1v) is 12.1. The normalized spacial score (nSPS) is 11.5. The molecule has 0 saturated carbocycles. The Morgan fingerprint density at radius 2 is 1.76 bits per heavy atom. The molecule has 1 aromatic carbocycles. The van der Waals surface area contributed by atoms with Crippen LogP contribution in [0.5, 0.6) is 0 Å². The number of rotatable bonds is 6. The summed E-state index contributed by atoms with van der Waals surface area (Å²) in [5.41, 5.74) is 6.51. The molecule has 0 fully saturated rings. The fourth-order valence-corrected chi connectivity index (χ4v) is 4.38. The summed E-state index contributed by atoms with van der Waals surface area (Å²) >= 11 is 0. The van der Waals surface area contributed by atoms with Crippen LogP contribution in [0.2, 0.25) is 0 Å². The third-order valence-corrected chi connectivity index (χ3v) is 6.14. The highest BCUT2D eigenvalue weighted by Crippen LogP contribution is 2.32. The van der Waals surface area contributed by atoms with Gasteiger partial charge >= 0.3 is 0 Å². The van der Waals surface area contributed by atoms with Gasteiger partial charge in [-0.05, 0) is 35.7 Å². The topological polar surface area (TPSA) is 125 Å². The van der Waals surface area contributed by atoms with E-state index in [0.29, 0.717) is 34.8 Å². The van der Waals surface area contributed by atoms with Crippen LogP contribution in [0.1, 0.15) is 20.3 Å². The van der Waals surface area contributed by atoms with Crippen LogP contribution >= 0.6 is 0 Å². The van der Waals surface area contributed by atoms with Crippen LogP contribution in [-0.2, 0) is 4.79 Å². The molecule has 3 N–H and O–H groups in total. The molecule has 0 atom stereocenters. The second-order valence-electron chi connectivity index (χ2n) is 9.48.